The van der Waals surface area contributed by atoms with E-state index in [-0.39, 0.29) is 16.5 Å². The minimum Gasteiger partial charge on any atom is -0.478 e. The fourth-order valence-electron chi connectivity index (χ4n) is 1.23. The first-order chi connectivity index (χ1) is 8.04. The second kappa shape index (κ2) is 6.22. The number of aromatic carboxylic acids is 1. The van der Waals surface area contributed by atoms with Gasteiger partial charge < -0.3 is 15.7 Å². The van der Waals surface area contributed by atoms with E-state index in [4.69, 9.17) is 16.7 Å². The van der Waals surface area contributed by atoms with Gasteiger partial charge in [0.1, 0.15) is 0 Å². The SMILES string of the molecule is CNCCC(=O)Nc1ccc(Cl)c(C(=O)O)c1. The molecular weight excluding hydrogens is 244 g/mol. The second-order valence-electron chi connectivity index (χ2n) is 3.40. The van der Waals surface area contributed by atoms with E-state index < -0.39 is 5.97 Å². The number of anilines is 1. The van der Waals surface area contributed by atoms with E-state index in [1.807, 2.05) is 0 Å². The molecule has 0 atom stereocenters. The number of hydrogen-bond donors (Lipinski definition) is 3. The highest BCUT2D eigenvalue weighted by atomic mass is 35.5. The third kappa shape index (κ3) is 4.05. The lowest BCUT2D eigenvalue weighted by Crippen LogP contribution is -2.18. The highest BCUT2D eigenvalue weighted by Crippen LogP contribution is 2.20. The summed E-state index contributed by atoms with van der Waals surface area (Å²) < 4.78 is 0. The monoisotopic (exact) mass is 256 g/mol. The Labute approximate surface area is 104 Å². The Morgan fingerprint density at radius 1 is 1.41 bits per heavy atom. The van der Waals surface area contributed by atoms with Crippen LogP contribution in [0, 0.1) is 0 Å². The lowest BCUT2D eigenvalue weighted by molar-refractivity contribution is -0.116. The van der Waals surface area contributed by atoms with Crippen LogP contribution < -0.4 is 10.6 Å². The summed E-state index contributed by atoms with van der Waals surface area (Å²) in [6.45, 7) is 0.561. The van der Waals surface area contributed by atoms with Gasteiger partial charge in [-0.25, -0.2) is 4.79 Å². The molecule has 0 aliphatic heterocycles. The Balaban J connectivity index is 2.75. The smallest absolute Gasteiger partial charge is 0.337 e. The number of carbonyl (C=O) groups is 2. The van der Waals surface area contributed by atoms with Gasteiger partial charge in [-0.15, -0.1) is 0 Å². The number of carbonyl (C=O) groups excluding carboxylic acids is 1. The molecule has 1 rings (SSSR count). The third-order valence-corrected chi connectivity index (χ3v) is 2.41. The molecule has 0 aliphatic rings. The fraction of sp³-hybridized carbons (Fsp3) is 0.273. The number of amides is 1. The van der Waals surface area contributed by atoms with Crippen molar-refractivity contribution in [1.29, 1.82) is 0 Å². The van der Waals surface area contributed by atoms with Crippen molar-refractivity contribution in [2.45, 2.75) is 6.42 Å². The largest absolute Gasteiger partial charge is 0.478 e. The van der Waals surface area contributed by atoms with Crippen LogP contribution in [0.25, 0.3) is 0 Å². The molecule has 92 valence electrons. The van der Waals surface area contributed by atoms with Gasteiger partial charge in [0.25, 0.3) is 0 Å². The highest BCUT2D eigenvalue weighted by Gasteiger charge is 2.10. The summed E-state index contributed by atoms with van der Waals surface area (Å²) in [5.74, 6) is -1.31. The molecule has 0 saturated carbocycles. The fourth-order valence-corrected chi connectivity index (χ4v) is 1.43. The Hall–Kier alpha value is -1.59. The maximum absolute atomic E-state index is 11.4. The molecular formula is C11H13ClN2O3. The summed E-state index contributed by atoms with van der Waals surface area (Å²) in [6, 6.07) is 4.34. The van der Waals surface area contributed by atoms with Gasteiger partial charge in [-0.3, -0.25) is 4.79 Å². The molecule has 5 nitrogen and oxygen atoms in total. The van der Waals surface area contributed by atoms with E-state index in [1.54, 1.807) is 13.1 Å². The van der Waals surface area contributed by atoms with Crippen LogP contribution in [0.4, 0.5) is 5.69 Å². The molecule has 0 bridgehead atoms. The van der Waals surface area contributed by atoms with Gasteiger partial charge in [0, 0.05) is 18.7 Å². The zero-order chi connectivity index (χ0) is 12.8. The van der Waals surface area contributed by atoms with Gasteiger partial charge in [0.05, 0.1) is 10.6 Å². The van der Waals surface area contributed by atoms with Crippen molar-refractivity contribution in [3.8, 4) is 0 Å². The topological polar surface area (TPSA) is 78.4 Å². The number of benzene rings is 1. The molecule has 1 amide bonds. The predicted molar refractivity (Wildman–Crippen MR) is 65.6 cm³/mol. The van der Waals surface area contributed by atoms with Crippen LogP contribution in [0.1, 0.15) is 16.8 Å². The lowest BCUT2D eigenvalue weighted by Gasteiger charge is -2.06. The first kappa shape index (κ1) is 13.5. The summed E-state index contributed by atoms with van der Waals surface area (Å²) in [6.07, 6.45) is 0.321. The van der Waals surface area contributed by atoms with Gasteiger partial charge in [-0.1, -0.05) is 11.6 Å². The van der Waals surface area contributed by atoms with E-state index in [0.29, 0.717) is 18.7 Å². The third-order valence-electron chi connectivity index (χ3n) is 2.08. The molecule has 1 aromatic carbocycles. The van der Waals surface area contributed by atoms with E-state index >= 15 is 0 Å². The molecule has 0 aromatic heterocycles. The summed E-state index contributed by atoms with van der Waals surface area (Å²) in [7, 11) is 1.75. The second-order valence-corrected chi connectivity index (χ2v) is 3.81. The minimum atomic E-state index is -1.12. The van der Waals surface area contributed by atoms with Gasteiger partial charge in [-0.05, 0) is 25.2 Å². The molecule has 6 heteroatoms. The van der Waals surface area contributed by atoms with Gasteiger partial charge in [0.15, 0.2) is 0 Å². The summed E-state index contributed by atoms with van der Waals surface area (Å²) >= 11 is 5.71. The van der Waals surface area contributed by atoms with E-state index in [2.05, 4.69) is 10.6 Å². The summed E-state index contributed by atoms with van der Waals surface area (Å²) in [5.41, 5.74) is 0.394. The van der Waals surface area contributed by atoms with Crippen LogP contribution >= 0.6 is 11.6 Å². The van der Waals surface area contributed by atoms with Crippen molar-refractivity contribution in [3.63, 3.8) is 0 Å². The zero-order valence-corrected chi connectivity index (χ0v) is 10.0. The molecule has 0 spiro atoms. The Kier molecular flexibility index (Phi) is 4.93. The maximum Gasteiger partial charge on any atom is 0.337 e. The van der Waals surface area contributed by atoms with Crippen molar-refractivity contribution >= 4 is 29.2 Å². The molecule has 3 N–H and O–H groups in total. The summed E-state index contributed by atoms with van der Waals surface area (Å²) in [4.78, 5) is 22.2. The van der Waals surface area contributed by atoms with Crippen molar-refractivity contribution in [1.82, 2.24) is 5.32 Å². The van der Waals surface area contributed by atoms with Gasteiger partial charge >= 0.3 is 5.97 Å². The van der Waals surface area contributed by atoms with Crippen molar-refractivity contribution < 1.29 is 14.7 Å². The number of hydrogen-bond acceptors (Lipinski definition) is 3. The first-order valence-electron chi connectivity index (χ1n) is 5.02. The van der Waals surface area contributed by atoms with Crippen LogP contribution in [0.5, 0.6) is 0 Å². The summed E-state index contributed by atoms with van der Waals surface area (Å²) in [5, 5.41) is 14.4. The molecule has 0 radical (unpaired) electrons. The number of nitrogens with one attached hydrogen (secondary N) is 2. The Bertz CT molecular complexity index is 435. The van der Waals surface area contributed by atoms with Crippen LogP contribution in [0.15, 0.2) is 18.2 Å². The average Bonchev–Trinajstić information content (AvgIpc) is 2.28. The first-order valence-corrected chi connectivity index (χ1v) is 5.39. The van der Waals surface area contributed by atoms with E-state index in [9.17, 15) is 9.59 Å². The maximum atomic E-state index is 11.4. The van der Waals surface area contributed by atoms with Crippen molar-refractivity contribution in [3.05, 3.63) is 28.8 Å². The zero-order valence-electron chi connectivity index (χ0n) is 9.29. The van der Waals surface area contributed by atoms with Crippen LogP contribution in [0.2, 0.25) is 5.02 Å². The minimum absolute atomic E-state index is 0.0296. The number of halogens is 1. The van der Waals surface area contributed by atoms with E-state index in [0.717, 1.165) is 0 Å². The standard InChI is InChI=1S/C11H13ClN2O3/c1-13-5-4-10(15)14-7-2-3-9(12)8(6-7)11(16)17/h2-3,6,13H,4-5H2,1H3,(H,14,15)(H,16,17). The molecule has 0 unspecified atom stereocenters. The predicted octanol–water partition coefficient (Wildman–Crippen LogP) is 1.59. The molecule has 1 aromatic rings. The molecule has 17 heavy (non-hydrogen) atoms. The Morgan fingerprint density at radius 3 is 2.71 bits per heavy atom. The molecule has 0 fully saturated rings. The van der Waals surface area contributed by atoms with Gasteiger partial charge in [-0.2, -0.15) is 0 Å². The quantitative estimate of drug-likeness (QED) is 0.748. The lowest BCUT2D eigenvalue weighted by atomic mass is 10.2. The normalized spacial score (nSPS) is 10.0. The van der Waals surface area contributed by atoms with Crippen LogP contribution in [0.3, 0.4) is 0 Å². The number of carboxylic acid groups (broad SMARTS) is 1. The highest BCUT2D eigenvalue weighted by molar-refractivity contribution is 6.33. The average molecular weight is 257 g/mol. The van der Waals surface area contributed by atoms with E-state index in [1.165, 1.54) is 12.1 Å². The van der Waals surface area contributed by atoms with Gasteiger partial charge in [0.2, 0.25) is 5.91 Å². The van der Waals surface area contributed by atoms with Crippen LogP contribution in [-0.4, -0.2) is 30.6 Å². The van der Waals surface area contributed by atoms with Crippen molar-refractivity contribution in [2.75, 3.05) is 18.9 Å². The number of carboxylic acids is 1. The van der Waals surface area contributed by atoms with Crippen LogP contribution in [-0.2, 0) is 4.79 Å². The molecule has 0 saturated heterocycles. The molecule has 0 heterocycles. The van der Waals surface area contributed by atoms with Crippen molar-refractivity contribution in [2.24, 2.45) is 0 Å². The molecule has 0 aliphatic carbocycles. The Morgan fingerprint density at radius 2 is 2.12 bits per heavy atom. The number of rotatable bonds is 5.